The third-order valence-corrected chi connectivity index (χ3v) is 4.73. The van der Waals surface area contributed by atoms with Crippen LogP contribution in [0.4, 0.5) is 14.9 Å². The molecule has 156 valence electrons. The van der Waals surface area contributed by atoms with Crippen LogP contribution in [0.1, 0.15) is 61.6 Å². The quantitative estimate of drug-likeness (QED) is 0.446. The average molecular weight is 441 g/mol. The third-order valence-electron chi connectivity index (χ3n) is 4.09. The number of ether oxygens (including phenoxy) is 1. The summed E-state index contributed by atoms with van der Waals surface area (Å²) in [5, 5.41) is 2.77. The number of benzene rings is 2. The molecule has 0 bridgehead atoms. The molecule has 0 saturated carbocycles. The van der Waals surface area contributed by atoms with E-state index in [9.17, 15) is 9.59 Å². The second-order valence-electron chi connectivity index (χ2n) is 7.50. The van der Waals surface area contributed by atoms with E-state index in [1.807, 2.05) is 0 Å². The average Bonchev–Trinajstić information content (AvgIpc) is 2.61. The summed E-state index contributed by atoms with van der Waals surface area (Å²) in [5.41, 5.74) is 5.25. The Morgan fingerprint density at radius 3 is 2.38 bits per heavy atom. The number of anilines is 1. The Morgan fingerprint density at radius 1 is 1.17 bits per heavy atom. The Labute approximate surface area is 179 Å². The summed E-state index contributed by atoms with van der Waals surface area (Å²) in [6.07, 6.45) is -0.309. The molecular weight excluding hydrogens is 418 g/mol. The van der Waals surface area contributed by atoms with E-state index in [-0.39, 0.29) is 26.7 Å². The van der Waals surface area contributed by atoms with Crippen molar-refractivity contribution < 1.29 is 18.7 Å². The molecule has 0 saturated heterocycles. The Hall–Kier alpha value is -2.31. The van der Waals surface area contributed by atoms with E-state index in [1.165, 1.54) is 30.3 Å². The number of carbonyl (C=O) groups is 2. The number of nitrogens with two attached hydrogens (primary N) is 1. The molecule has 5 nitrogen and oxygen atoms in total. The standard InChI is InChI=1S/C21H23Cl2FN2O3/c1-5-16(26-20(28)29-21(2,3)4)12-7-8-13(22)17(18(12)24)19(27)11-6-9-15(25)14(23)10-11/h6-10,16H,5,25H2,1-4H3,(H,26,28)/t16-/m1/s1. The second-order valence-corrected chi connectivity index (χ2v) is 8.31. The van der Waals surface area contributed by atoms with Crippen molar-refractivity contribution in [3.05, 3.63) is 62.9 Å². The Balaban J connectivity index is 2.41. The maximum Gasteiger partial charge on any atom is 0.408 e. The van der Waals surface area contributed by atoms with E-state index >= 15 is 4.39 Å². The van der Waals surface area contributed by atoms with Gasteiger partial charge in [0.1, 0.15) is 11.4 Å². The van der Waals surface area contributed by atoms with Crippen molar-refractivity contribution in [3.63, 3.8) is 0 Å². The van der Waals surface area contributed by atoms with Crippen LogP contribution in [0, 0.1) is 5.82 Å². The summed E-state index contributed by atoms with van der Waals surface area (Å²) < 4.78 is 20.6. The zero-order valence-corrected chi connectivity index (χ0v) is 18.1. The lowest BCUT2D eigenvalue weighted by molar-refractivity contribution is 0.0501. The molecule has 0 unspecified atom stereocenters. The molecule has 0 radical (unpaired) electrons. The number of halogens is 3. The molecule has 1 amide bonds. The molecule has 0 heterocycles. The molecule has 2 aromatic carbocycles. The Bertz CT molecular complexity index is 942. The van der Waals surface area contributed by atoms with Crippen molar-refractivity contribution in [2.45, 2.75) is 45.8 Å². The highest BCUT2D eigenvalue weighted by Crippen LogP contribution is 2.31. The maximum atomic E-state index is 15.3. The SMILES string of the molecule is CC[C@@H](NC(=O)OC(C)(C)C)c1ccc(Cl)c(C(=O)c2ccc(N)c(Cl)c2)c1F. The van der Waals surface area contributed by atoms with Crippen LogP contribution in [0.15, 0.2) is 30.3 Å². The third kappa shape index (κ3) is 5.61. The van der Waals surface area contributed by atoms with Crippen molar-refractivity contribution in [1.29, 1.82) is 0 Å². The van der Waals surface area contributed by atoms with Crippen molar-refractivity contribution in [1.82, 2.24) is 5.32 Å². The fourth-order valence-electron chi connectivity index (χ4n) is 2.71. The minimum atomic E-state index is -0.807. The van der Waals surface area contributed by atoms with Gasteiger partial charge in [-0.2, -0.15) is 0 Å². The highest BCUT2D eigenvalue weighted by atomic mass is 35.5. The van der Waals surface area contributed by atoms with Gasteiger partial charge in [0.05, 0.1) is 27.3 Å². The minimum Gasteiger partial charge on any atom is -0.444 e. The molecule has 0 aromatic heterocycles. The lowest BCUT2D eigenvalue weighted by atomic mass is 9.96. The number of ketones is 1. The van der Waals surface area contributed by atoms with E-state index in [4.69, 9.17) is 33.7 Å². The minimum absolute atomic E-state index is 0.0451. The number of nitrogens with one attached hydrogen (secondary N) is 1. The molecule has 0 spiro atoms. The van der Waals surface area contributed by atoms with Crippen molar-refractivity contribution in [2.75, 3.05) is 5.73 Å². The number of hydrogen-bond donors (Lipinski definition) is 2. The smallest absolute Gasteiger partial charge is 0.408 e. The van der Waals surface area contributed by atoms with E-state index in [2.05, 4.69) is 5.32 Å². The van der Waals surface area contributed by atoms with Gasteiger partial charge in [-0.1, -0.05) is 36.2 Å². The Kier molecular flexibility index (Phi) is 7.14. The van der Waals surface area contributed by atoms with Gasteiger partial charge in [0.2, 0.25) is 0 Å². The molecule has 2 aromatic rings. The topological polar surface area (TPSA) is 81.4 Å². The Morgan fingerprint density at radius 2 is 1.83 bits per heavy atom. The molecule has 2 rings (SSSR count). The molecule has 0 aliphatic rings. The van der Waals surface area contributed by atoms with Gasteiger partial charge in [-0.05, 0) is 51.5 Å². The van der Waals surface area contributed by atoms with Crippen LogP contribution >= 0.6 is 23.2 Å². The summed E-state index contributed by atoms with van der Waals surface area (Å²) in [4.78, 5) is 25.0. The van der Waals surface area contributed by atoms with E-state index < -0.39 is 29.3 Å². The van der Waals surface area contributed by atoms with E-state index in [0.29, 0.717) is 12.1 Å². The van der Waals surface area contributed by atoms with Crippen LogP contribution in [0.5, 0.6) is 0 Å². The summed E-state index contributed by atoms with van der Waals surface area (Å²) in [5.74, 6) is -1.44. The van der Waals surface area contributed by atoms with Crippen molar-refractivity contribution in [2.24, 2.45) is 0 Å². The number of rotatable bonds is 5. The predicted octanol–water partition coefficient (Wildman–Crippen LogP) is 5.92. The predicted molar refractivity (Wildman–Crippen MR) is 113 cm³/mol. The number of amides is 1. The number of alkyl carbamates (subject to hydrolysis) is 1. The first-order valence-corrected chi connectivity index (χ1v) is 9.77. The first kappa shape index (κ1) is 23.0. The molecule has 29 heavy (non-hydrogen) atoms. The monoisotopic (exact) mass is 440 g/mol. The van der Waals surface area contributed by atoms with Gasteiger partial charge in [0.15, 0.2) is 5.78 Å². The summed E-state index contributed by atoms with van der Waals surface area (Å²) in [6.45, 7) is 6.96. The molecule has 3 N–H and O–H groups in total. The van der Waals surface area contributed by atoms with Gasteiger partial charge < -0.3 is 15.8 Å². The maximum absolute atomic E-state index is 15.3. The number of hydrogen-bond acceptors (Lipinski definition) is 4. The van der Waals surface area contributed by atoms with Gasteiger partial charge >= 0.3 is 6.09 Å². The molecule has 1 atom stereocenters. The molecule has 8 heteroatoms. The van der Waals surface area contributed by atoms with Crippen molar-refractivity contribution in [3.8, 4) is 0 Å². The van der Waals surface area contributed by atoms with Crippen LogP contribution in [-0.2, 0) is 4.74 Å². The molecule has 0 aliphatic carbocycles. The summed E-state index contributed by atoms with van der Waals surface area (Å²) in [7, 11) is 0. The van der Waals surface area contributed by atoms with Gasteiger partial charge in [0.25, 0.3) is 0 Å². The van der Waals surface area contributed by atoms with Gasteiger partial charge in [0, 0.05) is 11.1 Å². The molecular formula is C21H23Cl2FN2O3. The number of carbonyl (C=O) groups excluding carboxylic acids is 2. The van der Waals surface area contributed by atoms with E-state index in [1.54, 1.807) is 27.7 Å². The lowest BCUT2D eigenvalue weighted by Gasteiger charge is -2.24. The van der Waals surface area contributed by atoms with Crippen LogP contribution in [-0.4, -0.2) is 17.5 Å². The summed E-state index contributed by atoms with van der Waals surface area (Å²) in [6, 6.07) is 6.43. The number of nitrogen functional groups attached to an aromatic ring is 1. The molecule has 0 fully saturated rings. The zero-order valence-electron chi connectivity index (χ0n) is 16.6. The fraction of sp³-hybridized carbons (Fsp3) is 0.333. The first-order valence-electron chi connectivity index (χ1n) is 9.01. The highest BCUT2D eigenvalue weighted by molar-refractivity contribution is 6.36. The van der Waals surface area contributed by atoms with Crippen LogP contribution in [0.2, 0.25) is 10.0 Å². The normalized spacial score (nSPS) is 12.4. The van der Waals surface area contributed by atoms with Crippen LogP contribution < -0.4 is 11.1 Å². The second kappa shape index (κ2) is 9.01. The van der Waals surface area contributed by atoms with Crippen LogP contribution in [0.25, 0.3) is 0 Å². The van der Waals surface area contributed by atoms with Gasteiger partial charge in [-0.25, -0.2) is 9.18 Å². The summed E-state index contributed by atoms with van der Waals surface area (Å²) >= 11 is 12.1. The molecule has 0 aliphatic heterocycles. The lowest BCUT2D eigenvalue weighted by Crippen LogP contribution is -2.35. The zero-order chi connectivity index (χ0) is 21.9. The highest BCUT2D eigenvalue weighted by Gasteiger charge is 2.26. The van der Waals surface area contributed by atoms with Gasteiger partial charge in [-0.3, -0.25) is 4.79 Å². The first-order chi connectivity index (χ1) is 13.4. The van der Waals surface area contributed by atoms with Crippen LogP contribution in [0.3, 0.4) is 0 Å². The van der Waals surface area contributed by atoms with Gasteiger partial charge in [-0.15, -0.1) is 0 Å². The van der Waals surface area contributed by atoms with Crippen molar-refractivity contribution >= 4 is 40.8 Å². The van der Waals surface area contributed by atoms with E-state index in [0.717, 1.165) is 0 Å². The largest absolute Gasteiger partial charge is 0.444 e. The fourth-order valence-corrected chi connectivity index (χ4v) is 3.12.